The minimum Gasteiger partial charge on any atom is -0.469 e. The zero-order chi connectivity index (χ0) is 19.8. The van der Waals surface area contributed by atoms with Crippen LogP contribution in [0.15, 0.2) is 0 Å². The Morgan fingerprint density at radius 3 is 1.27 bits per heavy atom. The molecule has 30 heavy (non-hydrogen) atoms. The highest BCUT2D eigenvalue weighted by Crippen LogP contribution is 3.09. The Labute approximate surface area is 190 Å². The van der Waals surface area contributed by atoms with Crippen LogP contribution in [0, 0.1) is 106 Å². The summed E-state index contributed by atoms with van der Waals surface area (Å²) in [7, 11) is 3.25. The molecule has 0 amide bonds. The first kappa shape index (κ1) is 15.7. The van der Waals surface area contributed by atoms with E-state index in [4.69, 9.17) is 9.47 Å². The largest absolute Gasteiger partial charge is 0.469 e. The van der Waals surface area contributed by atoms with E-state index in [-0.39, 0.29) is 31.4 Å². The monoisotopic (exact) mass is 532 g/mol. The highest BCUT2D eigenvalue weighted by molar-refractivity contribution is 9.10. The lowest BCUT2D eigenvalue weighted by molar-refractivity contribution is -0.163. The average molecular weight is 534 g/mol. The predicted molar refractivity (Wildman–Crippen MR) is 108 cm³/mol. The molecule has 20 atom stereocenters. The number of hydrogen-bond donors (Lipinski definition) is 0. The van der Waals surface area contributed by atoms with Crippen molar-refractivity contribution in [1.29, 1.82) is 0 Å². The molecule has 0 aromatic heterocycles. The van der Waals surface area contributed by atoms with Crippen LogP contribution in [0.4, 0.5) is 0 Å². The van der Waals surface area contributed by atoms with Gasteiger partial charge in [0.15, 0.2) is 0 Å². The van der Waals surface area contributed by atoms with Crippen molar-refractivity contribution in [3.8, 4) is 0 Å². The van der Waals surface area contributed by atoms with Gasteiger partial charge < -0.3 is 9.47 Å². The lowest BCUT2D eigenvalue weighted by atomic mass is 9.63. The van der Waals surface area contributed by atoms with Crippen LogP contribution in [0.3, 0.4) is 0 Å². The van der Waals surface area contributed by atoms with E-state index in [1.165, 1.54) is 0 Å². The summed E-state index contributed by atoms with van der Waals surface area (Å²) in [6, 6.07) is 0. The fraction of sp³-hybridized carbons (Fsp3) is 0.917. The summed E-state index contributed by atoms with van der Waals surface area (Å²) in [6.07, 6.45) is 0. The Kier molecular flexibility index (Phi) is 1.84. The van der Waals surface area contributed by atoms with Gasteiger partial charge in [0.2, 0.25) is 0 Å². The number of alkyl halides is 2. The Balaban J connectivity index is 1.38. The summed E-state index contributed by atoms with van der Waals surface area (Å²) in [4.78, 5) is 27.7. The quantitative estimate of drug-likeness (QED) is 0.404. The summed E-state index contributed by atoms with van der Waals surface area (Å²) >= 11 is 8.97. The number of carbonyl (C=O) groups excluding carboxylic acids is 2. The van der Waals surface area contributed by atoms with Crippen molar-refractivity contribution in [1.82, 2.24) is 0 Å². The third kappa shape index (κ3) is 0.790. The highest BCUT2D eigenvalue weighted by atomic mass is 79.9. The van der Waals surface area contributed by atoms with Gasteiger partial charge in [-0.3, -0.25) is 9.59 Å². The smallest absolute Gasteiger partial charge is 0.312 e. The Morgan fingerprint density at radius 1 is 0.567 bits per heavy atom. The molecular weight excluding hydrogens is 512 g/mol. The zero-order valence-electron chi connectivity index (χ0n) is 16.6. The van der Waals surface area contributed by atoms with E-state index < -0.39 is 0 Å². The molecular formula is C24H22Br2O4. The van der Waals surface area contributed by atoms with Crippen molar-refractivity contribution < 1.29 is 19.1 Å². The summed E-state index contributed by atoms with van der Waals surface area (Å²) < 4.78 is 11.5. The van der Waals surface area contributed by atoms with Crippen LogP contribution in [-0.2, 0) is 19.1 Å². The molecule has 12 aliphatic rings. The Hall–Kier alpha value is -0.100. The number of carbonyl (C=O) groups is 2. The van der Waals surface area contributed by atoms with Crippen LogP contribution < -0.4 is 0 Å². The second-order valence-corrected chi connectivity index (χ2v) is 15.9. The maximum absolute atomic E-state index is 13.9. The molecule has 4 nitrogen and oxygen atoms in total. The topological polar surface area (TPSA) is 52.6 Å². The van der Waals surface area contributed by atoms with Crippen molar-refractivity contribution in [2.75, 3.05) is 14.2 Å². The third-order valence-corrected chi connectivity index (χ3v) is 17.8. The van der Waals surface area contributed by atoms with Crippen molar-refractivity contribution in [2.24, 2.45) is 106 Å². The fourth-order valence-corrected chi connectivity index (χ4v) is 20.3. The van der Waals surface area contributed by atoms with Crippen molar-refractivity contribution in [2.45, 2.75) is 8.65 Å². The second kappa shape index (κ2) is 3.52. The molecule has 0 aliphatic heterocycles. The van der Waals surface area contributed by atoms with E-state index in [2.05, 4.69) is 31.9 Å². The minimum atomic E-state index is -0.274. The normalized spacial score (nSPS) is 85.5. The minimum absolute atomic E-state index is 0.0785. The maximum Gasteiger partial charge on any atom is 0.312 e. The van der Waals surface area contributed by atoms with Gasteiger partial charge in [0.25, 0.3) is 0 Å². The van der Waals surface area contributed by atoms with Gasteiger partial charge in [0.05, 0.1) is 25.0 Å². The van der Waals surface area contributed by atoms with E-state index in [0.29, 0.717) is 82.9 Å². The lowest BCUT2D eigenvalue weighted by Crippen LogP contribution is -2.47. The molecule has 0 heterocycles. The van der Waals surface area contributed by atoms with Gasteiger partial charge in [-0.15, -0.1) is 0 Å². The number of methoxy groups -OCH3 is 2. The summed E-state index contributed by atoms with van der Waals surface area (Å²) in [6.45, 7) is 0. The summed E-state index contributed by atoms with van der Waals surface area (Å²) in [5.74, 6) is 9.22. The van der Waals surface area contributed by atoms with Crippen LogP contribution in [-0.4, -0.2) is 34.8 Å². The van der Waals surface area contributed by atoms with Crippen LogP contribution in [0.1, 0.15) is 0 Å². The van der Waals surface area contributed by atoms with Crippen LogP contribution in [0.25, 0.3) is 0 Å². The van der Waals surface area contributed by atoms with Gasteiger partial charge in [-0.25, -0.2) is 0 Å². The number of rotatable bonds is 2. The molecule has 156 valence electrons. The van der Waals surface area contributed by atoms with Gasteiger partial charge >= 0.3 is 11.9 Å². The average Bonchev–Trinajstić information content (AvgIpc) is 3.49. The Bertz CT molecular complexity index is 1040. The molecule has 12 aliphatic carbocycles. The molecule has 20 unspecified atom stereocenters. The molecule has 12 saturated carbocycles. The maximum atomic E-state index is 13.9. The molecule has 0 aromatic rings. The van der Waals surface area contributed by atoms with Gasteiger partial charge in [-0.05, 0) is 94.7 Å². The van der Waals surface area contributed by atoms with Crippen molar-refractivity contribution in [3.05, 3.63) is 0 Å². The van der Waals surface area contributed by atoms with E-state index in [1.807, 2.05) is 0 Å². The van der Waals surface area contributed by atoms with Gasteiger partial charge in [-0.2, -0.15) is 0 Å². The number of halogens is 2. The molecule has 0 saturated heterocycles. The molecule has 0 aromatic carbocycles. The van der Waals surface area contributed by atoms with Crippen molar-refractivity contribution in [3.63, 3.8) is 0 Å². The number of hydrogen-bond acceptors (Lipinski definition) is 4. The molecule has 0 bridgehead atoms. The SMILES string of the molecule is COC(=O)C12C3C4C5C6C7C8C9C(C%10C1C4C1(Br)C5C7C9(C(=O)OC)C%101)C2C8(Br)C63. The first-order chi connectivity index (χ1) is 14.4. The van der Waals surface area contributed by atoms with E-state index in [0.717, 1.165) is 11.8 Å². The Morgan fingerprint density at radius 2 is 0.900 bits per heavy atom. The van der Waals surface area contributed by atoms with E-state index in [1.54, 1.807) is 14.2 Å². The summed E-state index contributed by atoms with van der Waals surface area (Å²) in [5.41, 5.74) is -0.548. The van der Waals surface area contributed by atoms with Gasteiger partial charge in [-0.1, -0.05) is 31.9 Å². The van der Waals surface area contributed by atoms with Gasteiger partial charge in [0, 0.05) is 8.65 Å². The number of esters is 2. The first-order valence-electron chi connectivity index (χ1n) is 12.0. The lowest BCUT2D eigenvalue weighted by Gasteiger charge is -2.40. The molecule has 6 heteroatoms. The van der Waals surface area contributed by atoms with E-state index in [9.17, 15) is 9.59 Å². The zero-order valence-corrected chi connectivity index (χ0v) is 19.8. The van der Waals surface area contributed by atoms with Gasteiger partial charge in [0.1, 0.15) is 0 Å². The van der Waals surface area contributed by atoms with Crippen LogP contribution in [0.2, 0.25) is 0 Å². The molecule has 12 rings (SSSR count). The fourth-order valence-electron chi connectivity index (χ4n) is 16.5. The molecule has 0 spiro atoms. The molecule has 12 fully saturated rings. The van der Waals surface area contributed by atoms with Crippen LogP contribution >= 0.6 is 31.9 Å². The van der Waals surface area contributed by atoms with Crippen LogP contribution in [0.5, 0.6) is 0 Å². The first-order valence-corrected chi connectivity index (χ1v) is 13.6. The second-order valence-electron chi connectivity index (χ2n) is 13.1. The van der Waals surface area contributed by atoms with E-state index >= 15 is 0 Å². The highest BCUT2D eigenvalue weighted by Gasteiger charge is 3.10. The molecule has 0 N–H and O–H groups in total. The van der Waals surface area contributed by atoms with Crippen molar-refractivity contribution >= 4 is 43.8 Å². The molecule has 0 radical (unpaired) electrons. The number of ether oxygens (including phenoxy) is 2. The predicted octanol–water partition coefficient (Wildman–Crippen LogP) is 2.58. The third-order valence-electron chi connectivity index (χ3n) is 14.7. The standard InChI is InChI=1S/C24H22Br2O4/c1-29-19(27)21-9-5-3-4-6-10-14(3)24(26)15(5)11(21)7-8-12(22(10,18(7)24)20(28)30-2)16(6)23(25,13(4)9)17(8)21/h3-18H,1-2H3. The summed E-state index contributed by atoms with van der Waals surface area (Å²) in [5, 5.41) is 0.